The van der Waals surface area contributed by atoms with Crippen LogP contribution in [0.4, 0.5) is 4.79 Å². The highest BCUT2D eigenvalue weighted by atomic mass is 79.9. The molecule has 120 valence electrons. The van der Waals surface area contributed by atoms with Crippen LogP contribution in [0.5, 0.6) is 0 Å². The van der Waals surface area contributed by atoms with Crippen molar-refractivity contribution in [2.45, 2.75) is 0 Å². The molecule has 3 rings (SSSR count). The van der Waals surface area contributed by atoms with Crippen molar-refractivity contribution in [1.29, 1.82) is 0 Å². The molecule has 0 unspecified atom stereocenters. The lowest BCUT2D eigenvalue weighted by atomic mass is 10.2. The first-order valence-electron chi connectivity index (χ1n) is 6.59. The van der Waals surface area contributed by atoms with E-state index < -0.39 is 12.0 Å². The van der Waals surface area contributed by atoms with Crippen LogP contribution >= 0.6 is 31.9 Å². The molecule has 1 N–H and O–H groups in total. The van der Waals surface area contributed by atoms with Gasteiger partial charge in [-0.05, 0) is 34.1 Å². The van der Waals surface area contributed by atoms with E-state index in [1.807, 2.05) is 6.07 Å². The number of nitrogens with one attached hydrogen (secondary N) is 1. The van der Waals surface area contributed by atoms with Gasteiger partial charge in [-0.25, -0.2) is 9.59 Å². The van der Waals surface area contributed by atoms with E-state index in [0.717, 1.165) is 14.8 Å². The SMILES string of the molecule is O=C(OCCN1C(=O)CNC1=O)c1cc2cc(Br)cc(Br)c2o1. The van der Waals surface area contributed by atoms with E-state index >= 15 is 0 Å². The fraction of sp³-hybridized carbons (Fsp3) is 0.214. The lowest BCUT2D eigenvalue weighted by Gasteiger charge is -2.11. The molecule has 1 saturated heterocycles. The molecule has 7 nitrogen and oxygen atoms in total. The zero-order valence-electron chi connectivity index (χ0n) is 11.6. The van der Waals surface area contributed by atoms with Gasteiger partial charge in [0.05, 0.1) is 17.6 Å². The van der Waals surface area contributed by atoms with Crippen molar-refractivity contribution in [3.8, 4) is 0 Å². The van der Waals surface area contributed by atoms with Gasteiger partial charge in [-0.2, -0.15) is 0 Å². The summed E-state index contributed by atoms with van der Waals surface area (Å²) in [5.74, 6) is -0.948. The maximum absolute atomic E-state index is 12.0. The number of nitrogens with zero attached hydrogens (tertiary/aromatic N) is 1. The Morgan fingerprint density at radius 1 is 1.30 bits per heavy atom. The van der Waals surface area contributed by atoms with Crippen LogP contribution in [-0.2, 0) is 9.53 Å². The van der Waals surface area contributed by atoms with Gasteiger partial charge in [0.15, 0.2) is 0 Å². The van der Waals surface area contributed by atoms with Crippen molar-refractivity contribution < 1.29 is 23.5 Å². The Morgan fingerprint density at radius 3 is 2.78 bits per heavy atom. The van der Waals surface area contributed by atoms with E-state index in [1.54, 1.807) is 12.1 Å². The minimum atomic E-state index is -0.656. The lowest BCUT2D eigenvalue weighted by molar-refractivity contribution is -0.125. The molecule has 1 aliphatic rings. The summed E-state index contributed by atoms with van der Waals surface area (Å²) >= 11 is 6.71. The quantitative estimate of drug-likeness (QED) is 0.577. The number of imide groups is 1. The standard InChI is InChI=1S/C14H10Br2N2O5/c15-8-3-7-4-10(23-12(7)9(16)5-8)13(20)22-2-1-18-11(19)6-17-14(18)21/h3-5H,1-2,6H2,(H,17,21). The van der Waals surface area contributed by atoms with Crippen LogP contribution < -0.4 is 5.32 Å². The number of fused-ring (bicyclic) bond motifs is 1. The van der Waals surface area contributed by atoms with E-state index in [1.165, 1.54) is 0 Å². The van der Waals surface area contributed by atoms with Gasteiger partial charge in [-0.3, -0.25) is 9.69 Å². The van der Waals surface area contributed by atoms with E-state index in [9.17, 15) is 14.4 Å². The van der Waals surface area contributed by atoms with Gasteiger partial charge >= 0.3 is 12.0 Å². The second-order valence-electron chi connectivity index (χ2n) is 4.76. The summed E-state index contributed by atoms with van der Waals surface area (Å²) in [6, 6.07) is 4.70. The number of carbonyl (C=O) groups excluding carboxylic acids is 3. The van der Waals surface area contributed by atoms with Crippen molar-refractivity contribution in [2.24, 2.45) is 0 Å². The first-order valence-corrected chi connectivity index (χ1v) is 8.18. The van der Waals surface area contributed by atoms with Gasteiger partial charge in [0, 0.05) is 9.86 Å². The molecule has 0 saturated carbocycles. The normalized spacial score (nSPS) is 14.4. The number of benzene rings is 1. The molecule has 0 bridgehead atoms. The van der Waals surface area contributed by atoms with Crippen molar-refractivity contribution in [3.63, 3.8) is 0 Å². The monoisotopic (exact) mass is 444 g/mol. The molecule has 23 heavy (non-hydrogen) atoms. The molecule has 1 fully saturated rings. The molecule has 0 atom stereocenters. The van der Waals surface area contributed by atoms with Gasteiger partial charge < -0.3 is 14.5 Å². The Balaban J connectivity index is 1.65. The summed E-state index contributed by atoms with van der Waals surface area (Å²) in [7, 11) is 0. The number of hydrogen-bond acceptors (Lipinski definition) is 5. The fourth-order valence-electron chi connectivity index (χ4n) is 2.16. The summed E-state index contributed by atoms with van der Waals surface area (Å²) in [6.07, 6.45) is 0. The third-order valence-corrected chi connectivity index (χ3v) is 4.27. The summed E-state index contributed by atoms with van der Waals surface area (Å²) in [6.45, 7) is -0.120. The number of amides is 3. The smallest absolute Gasteiger partial charge is 0.374 e. The van der Waals surface area contributed by atoms with Crippen molar-refractivity contribution >= 4 is 60.7 Å². The Hall–Kier alpha value is -1.87. The van der Waals surface area contributed by atoms with Gasteiger partial charge in [0.1, 0.15) is 12.2 Å². The van der Waals surface area contributed by atoms with Crippen LogP contribution in [0.1, 0.15) is 10.6 Å². The molecule has 2 aromatic rings. The number of hydrogen-bond donors (Lipinski definition) is 1. The molecule has 3 amide bonds. The van der Waals surface area contributed by atoms with Crippen LogP contribution in [0.3, 0.4) is 0 Å². The molecule has 9 heteroatoms. The number of esters is 1. The summed E-state index contributed by atoms with van der Waals surface area (Å²) in [5.41, 5.74) is 0.536. The maximum Gasteiger partial charge on any atom is 0.374 e. The first-order chi connectivity index (χ1) is 11.0. The van der Waals surface area contributed by atoms with E-state index in [2.05, 4.69) is 37.2 Å². The Morgan fingerprint density at radius 2 is 2.09 bits per heavy atom. The molecular formula is C14H10Br2N2O5. The van der Waals surface area contributed by atoms with Gasteiger partial charge in [-0.1, -0.05) is 15.9 Å². The predicted octanol–water partition coefficient (Wildman–Crippen LogP) is 2.67. The number of urea groups is 1. The maximum atomic E-state index is 12.0. The van der Waals surface area contributed by atoms with Crippen LogP contribution in [0.25, 0.3) is 11.0 Å². The third kappa shape index (κ3) is 3.25. The van der Waals surface area contributed by atoms with Crippen molar-refractivity contribution in [3.05, 3.63) is 32.9 Å². The number of rotatable bonds is 4. The Kier molecular flexibility index (Phi) is 4.40. The third-order valence-electron chi connectivity index (χ3n) is 3.22. The predicted molar refractivity (Wildman–Crippen MR) is 87.0 cm³/mol. The molecule has 0 spiro atoms. The van der Waals surface area contributed by atoms with Crippen LogP contribution in [0.15, 0.2) is 31.6 Å². The van der Waals surface area contributed by atoms with Crippen LogP contribution in [-0.4, -0.2) is 42.5 Å². The lowest BCUT2D eigenvalue weighted by Crippen LogP contribution is -2.34. The fourth-order valence-corrected chi connectivity index (χ4v) is 3.50. The van der Waals surface area contributed by atoms with E-state index in [0.29, 0.717) is 10.1 Å². The highest BCUT2D eigenvalue weighted by Crippen LogP contribution is 2.31. The van der Waals surface area contributed by atoms with E-state index in [-0.39, 0.29) is 31.4 Å². The Labute approximate surface area is 147 Å². The summed E-state index contributed by atoms with van der Waals surface area (Å²) in [4.78, 5) is 35.7. The molecule has 1 aliphatic heterocycles. The number of halogens is 2. The zero-order valence-corrected chi connectivity index (χ0v) is 14.8. The second-order valence-corrected chi connectivity index (χ2v) is 6.53. The number of ether oxygens (including phenoxy) is 1. The molecule has 0 aliphatic carbocycles. The van der Waals surface area contributed by atoms with Gasteiger partial charge in [0.2, 0.25) is 11.7 Å². The minimum Gasteiger partial charge on any atom is -0.458 e. The molecule has 1 aromatic carbocycles. The van der Waals surface area contributed by atoms with Gasteiger partial charge in [0.25, 0.3) is 0 Å². The number of furan rings is 1. The first kappa shape index (κ1) is 16.0. The Bertz CT molecular complexity index is 801. The summed E-state index contributed by atoms with van der Waals surface area (Å²) in [5, 5.41) is 3.13. The van der Waals surface area contributed by atoms with Gasteiger partial charge in [-0.15, -0.1) is 0 Å². The molecule has 2 heterocycles. The average molecular weight is 446 g/mol. The van der Waals surface area contributed by atoms with Crippen LogP contribution in [0, 0.1) is 0 Å². The van der Waals surface area contributed by atoms with Crippen LogP contribution in [0.2, 0.25) is 0 Å². The average Bonchev–Trinajstić information content (AvgIpc) is 3.05. The number of carbonyl (C=O) groups is 3. The van der Waals surface area contributed by atoms with Crippen molar-refractivity contribution in [1.82, 2.24) is 10.2 Å². The highest BCUT2D eigenvalue weighted by Gasteiger charge is 2.28. The largest absolute Gasteiger partial charge is 0.458 e. The van der Waals surface area contributed by atoms with Crippen molar-refractivity contribution in [2.75, 3.05) is 19.7 Å². The summed E-state index contributed by atoms with van der Waals surface area (Å²) < 4.78 is 12.1. The molecular weight excluding hydrogens is 436 g/mol. The highest BCUT2D eigenvalue weighted by molar-refractivity contribution is 9.11. The second kappa shape index (κ2) is 6.32. The zero-order chi connectivity index (χ0) is 16.6. The van der Waals surface area contributed by atoms with E-state index in [4.69, 9.17) is 9.15 Å². The topological polar surface area (TPSA) is 88.9 Å². The minimum absolute atomic E-state index is 0.00583. The molecule has 1 aromatic heterocycles. The molecule has 0 radical (unpaired) electrons.